The molecule has 0 aliphatic carbocycles. The number of nitrogens with one attached hydrogen (secondary N) is 3. The van der Waals surface area contributed by atoms with Crippen LogP contribution in [0.15, 0.2) is 0 Å². The predicted molar refractivity (Wildman–Crippen MR) is 126 cm³/mol. The summed E-state index contributed by atoms with van der Waals surface area (Å²) in [6.07, 6.45) is 4.49. The zero-order valence-corrected chi connectivity index (χ0v) is 21.1. The number of alkyl carbamates (subject to hydrolysis) is 1. The Labute approximate surface area is 210 Å². The Morgan fingerprint density at radius 1 is 1.31 bits per heavy atom. The van der Waals surface area contributed by atoms with E-state index in [-0.39, 0.29) is 37.9 Å². The molecule has 0 aromatic heterocycles. The molecule has 10 nitrogen and oxygen atoms in total. The zero-order chi connectivity index (χ0) is 28.3. The first-order valence-electron chi connectivity index (χ1n) is 11.2. The highest BCUT2D eigenvalue weighted by atomic mass is 19.4. The SMILES string of the molecule is C#C.CC(C)C.COC(=O)NCC(=O)N1CC[C@@H](C(F)(F)F)C1.N#C[C@H](C[C@@H]1CCNC1=O)NC=O. The van der Waals surface area contributed by atoms with Gasteiger partial charge in [-0.05, 0) is 25.2 Å². The molecule has 2 aliphatic heterocycles. The summed E-state index contributed by atoms with van der Waals surface area (Å²) in [4.78, 5) is 44.3. The van der Waals surface area contributed by atoms with Crippen LogP contribution in [-0.2, 0) is 19.1 Å². The first-order chi connectivity index (χ1) is 16.8. The van der Waals surface area contributed by atoms with Gasteiger partial charge < -0.3 is 25.6 Å². The summed E-state index contributed by atoms with van der Waals surface area (Å²) in [6.45, 7) is 6.54. The molecule has 13 heteroatoms. The number of ether oxygens (including phenoxy) is 1. The van der Waals surface area contributed by atoms with Gasteiger partial charge in [-0.15, -0.1) is 12.8 Å². The lowest BCUT2D eigenvalue weighted by Crippen LogP contribution is -2.39. The van der Waals surface area contributed by atoms with Crippen molar-refractivity contribution in [1.29, 1.82) is 5.26 Å². The molecule has 0 unspecified atom stereocenters. The number of hydrogen-bond donors (Lipinski definition) is 3. The van der Waals surface area contributed by atoms with Crippen molar-refractivity contribution >= 4 is 24.3 Å². The maximum atomic E-state index is 12.3. The van der Waals surface area contributed by atoms with Crippen LogP contribution in [0, 0.1) is 41.9 Å². The van der Waals surface area contributed by atoms with E-state index in [1.807, 2.05) is 6.07 Å². The minimum atomic E-state index is -4.27. The van der Waals surface area contributed by atoms with Crippen LogP contribution in [-0.4, -0.2) is 74.7 Å². The molecule has 2 aliphatic rings. The van der Waals surface area contributed by atoms with E-state index < -0.39 is 30.1 Å². The van der Waals surface area contributed by atoms with Gasteiger partial charge >= 0.3 is 12.3 Å². The number of nitrogens with zero attached hydrogens (tertiary/aromatic N) is 2. The normalized spacial score (nSPS) is 18.9. The van der Waals surface area contributed by atoms with Crippen molar-refractivity contribution in [3.05, 3.63) is 0 Å². The van der Waals surface area contributed by atoms with E-state index in [1.54, 1.807) is 0 Å². The average molecular weight is 520 g/mol. The highest BCUT2D eigenvalue weighted by Crippen LogP contribution is 2.33. The molecule has 0 aromatic rings. The van der Waals surface area contributed by atoms with E-state index >= 15 is 0 Å². The number of alkyl halides is 3. The number of rotatable bonds is 6. The second-order valence-electron chi connectivity index (χ2n) is 8.42. The number of amides is 4. The fraction of sp³-hybridized carbons (Fsp3) is 0.696. The van der Waals surface area contributed by atoms with Gasteiger partial charge in [0.1, 0.15) is 12.6 Å². The minimum absolute atomic E-state index is 0.0204. The number of methoxy groups -OCH3 is 1. The zero-order valence-electron chi connectivity index (χ0n) is 21.1. The number of carbonyl (C=O) groups excluding carboxylic acids is 4. The van der Waals surface area contributed by atoms with Gasteiger partial charge in [-0.3, -0.25) is 14.4 Å². The Kier molecular flexibility index (Phi) is 18.1. The lowest BCUT2D eigenvalue weighted by molar-refractivity contribution is -0.171. The molecule has 204 valence electrons. The highest BCUT2D eigenvalue weighted by Gasteiger charge is 2.44. The minimum Gasteiger partial charge on any atom is -0.453 e. The van der Waals surface area contributed by atoms with Crippen LogP contribution in [0.5, 0.6) is 0 Å². The van der Waals surface area contributed by atoms with Crippen LogP contribution in [0.2, 0.25) is 0 Å². The Morgan fingerprint density at radius 3 is 2.28 bits per heavy atom. The molecule has 0 spiro atoms. The van der Waals surface area contributed by atoms with Crippen LogP contribution in [0.25, 0.3) is 0 Å². The molecule has 0 radical (unpaired) electrons. The molecule has 2 saturated heterocycles. The quantitative estimate of drug-likeness (QED) is 0.361. The molecule has 0 saturated carbocycles. The Balaban J connectivity index is 0. The predicted octanol–water partition coefficient (Wildman–Crippen LogP) is 1.82. The second kappa shape index (κ2) is 18.8. The fourth-order valence-corrected chi connectivity index (χ4v) is 2.98. The summed E-state index contributed by atoms with van der Waals surface area (Å²) in [6, 6.07) is 1.38. The van der Waals surface area contributed by atoms with E-state index in [9.17, 15) is 32.3 Å². The van der Waals surface area contributed by atoms with E-state index in [2.05, 4.69) is 54.3 Å². The third kappa shape index (κ3) is 15.4. The lowest BCUT2D eigenvalue weighted by atomic mass is 9.99. The average Bonchev–Trinajstić information content (AvgIpc) is 3.48. The number of hydrogen-bond acceptors (Lipinski definition) is 6. The van der Waals surface area contributed by atoms with Crippen molar-refractivity contribution in [3.63, 3.8) is 0 Å². The summed E-state index contributed by atoms with van der Waals surface area (Å²) in [7, 11) is 1.13. The van der Waals surface area contributed by atoms with Crippen LogP contribution in [0.4, 0.5) is 18.0 Å². The van der Waals surface area contributed by atoms with Crippen LogP contribution in [0.3, 0.4) is 0 Å². The number of halogens is 3. The van der Waals surface area contributed by atoms with Gasteiger partial charge in [0.15, 0.2) is 0 Å². The molecular weight excluding hydrogens is 483 g/mol. The van der Waals surface area contributed by atoms with Crippen molar-refractivity contribution in [2.45, 2.75) is 52.3 Å². The first kappa shape index (κ1) is 34.7. The Morgan fingerprint density at radius 2 is 1.89 bits per heavy atom. The largest absolute Gasteiger partial charge is 0.453 e. The summed E-state index contributed by atoms with van der Waals surface area (Å²) in [5.74, 6) is -1.32. The van der Waals surface area contributed by atoms with Crippen LogP contribution < -0.4 is 16.0 Å². The Bertz CT molecular complexity index is 750. The van der Waals surface area contributed by atoms with Gasteiger partial charge in [-0.2, -0.15) is 18.4 Å². The first-order valence-corrected chi connectivity index (χ1v) is 11.2. The number of nitriles is 1. The van der Waals surface area contributed by atoms with Crippen LogP contribution in [0.1, 0.15) is 40.0 Å². The van der Waals surface area contributed by atoms with Gasteiger partial charge in [-0.25, -0.2) is 4.79 Å². The van der Waals surface area contributed by atoms with Gasteiger partial charge in [0.25, 0.3) is 0 Å². The molecular formula is C23H36F3N5O5. The van der Waals surface area contributed by atoms with Crippen molar-refractivity contribution < 1.29 is 37.1 Å². The van der Waals surface area contributed by atoms with Gasteiger partial charge in [0.2, 0.25) is 18.2 Å². The number of likely N-dealkylation sites (tertiary alicyclic amines) is 1. The molecule has 2 rings (SSSR count). The highest BCUT2D eigenvalue weighted by molar-refractivity contribution is 5.82. The van der Waals surface area contributed by atoms with Gasteiger partial charge in [0.05, 0.1) is 19.1 Å². The fourth-order valence-electron chi connectivity index (χ4n) is 2.98. The lowest BCUT2D eigenvalue weighted by Gasteiger charge is -2.17. The van der Waals surface area contributed by atoms with Crippen molar-refractivity contribution in [3.8, 4) is 18.9 Å². The molecule has 36 heavy (non-hydrogen) atoms. The van der Waals surface area contributed by atoms with E-state index in [0.29, 0.717) is 19.4 Å². The monoisotopic (exact) mass is 519 g/mol. The summed E-state index contributed by atoms with van der Waals surface area (Å²) >= 11 is 0. The molecule has 4 amide bonds. The second-order valence-corrected chi connectivity index (χ2v) is 8.42. The van der Waals surface area contributed by atoms with E-state index in [0.717, 1.165) is 24.3 Å². The third-order valence-electron chi connectivity index (χ3n) is 4.68. The standard InChI is InChI=1S/C9H13F3N2O3.C8H11N3O2.C4H10.C2H2/c1-17-8(16)13-4-7(15)14-3-2-6(5-14)9(10,11)12;9-4-7(11-5-12)3-6-1-2-10-8(6)13;1-4(2)3;1-2/h6H,2-5H2,1H3,(H,13,16);5-7H,1-3H2,(H,10,13)(H,11,12);4H,1-3H3;1-2H/t6-;6-,7-;;/m10../s1. The number of carbonyl (C=O) groups is 4. The smallest absolute Gasteiger partial charge is 0.407 e. The summed E-state index contributed by atoms with van der Waals surface area (Å²) in [5, 5.41) is 15.8. The van der Waals surface area contributed by atoms with Gasteiger partial charge in [-0.1, -0.05) is 20.8 Å². The van der Waals surface area contributed by atoms with Crippen molar-refractivity contribution in [2.75, 3.05) is 33.3 Å². The molecule has 3 atom stereocenters. The topological polar surface area (TPSA) is 141 Å². The molecule has 2 heterocycles. The van der Waals surface area contributed by atoms with Gasteiger partial charge in [0, 0.05) is 25.6 Å². The maximum absolute atomic E-state index is 12.3. The molecule has 0 bridgehead atoms. The maximum Gasteiger partial charge on any atom is 0.407 e. The van der Waals surface area contributed by atoms with Crippen molar-refractivity contribution in [1.82, 2.24) is 20.9 Å². The summed E-state index contributed by atoms with van der Waals surface area (Å²) in [5.41, 5.74) is 0. The number of terminal acetylenes is 1. The van der Waals surface area contributed by atoms with E-state index in [1.165, 1.54) is 0 Å². The molecule has 3 N–H and O–H groups in total. The summed E-state index contributed by atoms with van der Waals surface area (Å²) < 4.78 is 41.3. The molecule has 2 fully saturated rings. The van der Waals surface area contributed by atoms with E-state index in [4.69, 9.17) is 5.26 Å². The van der Waals surface area contributed by atoms with Crippen LogP contribution >= 0.6 is 0 Å². The third-order valence-corrected chi connectivity index (χ3v) is 4.68. The Hall–Kier alpha value is -3.48. The van der Waals surface area contributed by atoms with Crippen molar-refractivity contribution in [2.24, 2.45) is 17.8 Å². The molecule has 0 aromatic carbocycles.